The first-order valence-corrected chi connectivity index (χ1v) is 10.1. The summed E-state index contributed by atoms with van der Waals surface area (Å²) in [7, 11) is 0. The van der Waals surface area contributed by atoms with Gasteiger partial charge in [-0.25, -0.2) is 4.98 Å². The molecular formula is C22H24BrN3O2. The lowest BCUT2D eigenvalue weighted by Gasteiger charge is -2.13. The van der Waals surface area contributed by atoms with Crippen molar-refractivity contribution in [2.75, 3.05) is 11.9 Å². The number of nitrogens with zero attached hydrogens (tertiary/aromatic N) is 1. The second-order valence-electron chi connectivity index (χ2n) is 6.96. The van der Waals surface area contributed by atoms with Gasteiger partial charge >= 0.3 is 0 Å². The Hall–Kier alpha value is -2.60. The SMILES string of the molecule is CC(=O)NCCc1ccc2nc(Oc3ccc(NC(C)C)cc3Br)ccc2c1. The highest BCUT2D eigenvalue weighted by molar-refractivity contribution is 9.10. The third-order valence-electron chi connectivity index (χ3n) is 4.12. The first-order chi connectivity index (χ1) is 13.4. The molecule has 0 spiro atoms. The minimum atomic E-state index is -0.0107. The molecule has 28 heavy (non-hydrogen) atoms. The molecule has 0 saturated heterocycles. The molecule has 0 aliphatic heterocycles. The van der Waals surface area contributed by atoms with Gasteiger partial charge in [-0.05, 0) is 78.2 Å². The Morgan fingerprint density at radius 3 is 2.68 bits per heavy atom. The van der Waals surface area contributed by atoms with Crippen molar-refractivity contribution in [1.29, 1.82) is 0 Å². The molecule has 0 atom stereocenters. The van der Waals surface area contributed by atoms with Crippen molar-refractivity contribution in [3.05, 3.63) is 58.6 Å². The number of carbonyl (C=O) groups is 1. The number of hydrogen-bond donors (Lipinski definition) is 2. The number of hydrogen-bond acceptors (Lipinski definition) is 4. The van der Waals surface area contributed by atoms with Crippen LogP contribution in [0.1, 0.15) is 26.3 Å². The quantitative estimate of drug-likeness (QED) is 0.522. The number of rotatable bonds is 7. The maximum atomic E-state index is 11.0. The van der Waals surface area contributed by atoms with Crippen LogP contribution in [-0.2, 0) is 11.2 Å². The molecule has 0 bridgehead atoms. The average molecular weight is 442 g/mol. The van der Waals surface area contributed by atoms with Crippen molar-refractivity contribution in [1.82, 2.24) is 10.3 Å². The summed E-state index contributed by atoms with van der Waals surface area (Å²) in [6.07, 6.45) is 0.789. The molecule has 6 heteroatoms. The van der Waals surface area contributed by atoms with Gasteiger partial charge in [0.2, 0.25) is 11.8 Å². The highest BCUT2D eigenvalue weighted by Gasteiger charge is 2.07. The normalized spacial score (nSPS) is 10.9. The van der Waals surface area contributed by atoms with E-state index < -0.39 is 0 Å². The van der Waals surface area contributed by atoms with E-state index in [1.807, 2.05) is 42.5 Å². The van der Waals surface area contributed by atoms with E-state index in [9.17, 15) is 4.79 Å². The molecule has 2 aromatic carbocycles. The van der Waals surface area contributed by atoms with Gasteiger partial charge in [-0.3, -0.25) is 4.79 Å². The van der Waals surface area contributed by atoms with E-state index in [0.29, 0.717) is 24.2 Å². The molecule has 0 aliphatic rings. The predicted molar refractivity (Wildman–Crippen MR) is 117 cm³/mol. The highest BCUT2D eigenvalue weighted by atomic mass is 79.9. The van der Waals surface area contributed by atoms with E-state index in [1.165, 1.54) is 6.92 Å². The molecular weight excluding hydrogens is 418 g/mol. The number of carbonyl (C=O) groups excluding carboxylic acids is 1. The predicted octanol–water partition coefficient (Wildman–Crippen LogP) is 5.29. The number of aromatic nitrogens is 1. The number of nitrogens with one attached hydrogen (secondary N) is 2. The van der Waals surface area contributed by atoms with Crippen LogP contribution in [0.4, 0.5) is 5.69 Å². The van der Waals surface area contributed by atoms with Gasteiger partial charge in [0.05, 0.1) is 9.99 Å². The molecule has 2 N–H and O–H groups in total. The second-order valence-corrected chi connectivity index (χ2v) is 7.81. The molecule has 1 heterocycles. The lowest BCUT2D eigenvalue weighted by Crippen LogP contribution is -2.22. The third-order valence-corrected chi connectivity index (χ3v) is 4.74. The number of halogens is 1. The maximum Gasteiger partial charge on any atom is 0.219 e. The van der Waals surface area contributed by atoms with Crippen LogP contribution in [0, 0.1) is 0 Å². The van der Waals surface area contributed by atoms with Crippen molar-refractivity contribution in [3.8, 4) is 11.6 Å². The van der Waals surface area contributed by atoms with E-state index in [-0.39, 0.29) is 5.91 Å². The number of benzene rings is 2. The van der Waals surface area contributed by atoms with E-state index in [4.69, 9.17) is 4.74 Å². The lowest BCUT2D eigenvalue weighted by molar-refractivity contribution is -0.118. The van der Waals surface area contributed by atoms with Crippen molar-refractivity contribution >= 4 is 38.4 Å². The molecule has 0 unspecified atom stereocenters. The summed E-state index contributed by atoms with van der Waals surface area (Å²) < 4.78 is 6.83. The van der Waals surface area contributed by atoms with Gasteiger partial charge in [0.15, 0.2) is 0 Å². The molecule has 0 fully saturated rings. The summed E-state index contributed by atoms with van der Waals surface area (Å²) in [6.45, 7) is 6.36. The smallest absolute Gasteiger partial charge is 0.219 e. The Kier molecular flexibility index (Phi) is 6.52. The fourth-order valence-corrected chi connectivity index (χ4v) is 3.33. The standard InChI is InChI=1S/C22H24BrN3O2/c1-14(2)25-18-6-8-21(19(23)13-18)28-22-9-5-17-12-16(4-7-20(17)26-22)10-11-24-15(3)27/h4-9,12-14,25H,10-11H2,1-3H3,(H,24,27). The van der Waals surface area contributed by atoms with Crippen LogP contribution in [0.15, 0.2) is 53.0 Å². The van der Waals surface area contributed by atoms with Crippen LogP contribution in [0.25, 0.3) is 10.9 Å². The first-order valence-electron chi connectivity index (χ1n) is 9.29. The molecule has 1 aromatic heterocycles. The van der Waals surface area contributed by atoms with Crippen LogP contribution < -0.4 is 15.4 Å². The van der Waals surface area contributed by atoms with Gasteiger partial charge < -0.3 is 15.4 Å². The Labute approximate surface area is 173 Å². The summed E-state index contributed by atoms with van der Waals surface area (Å²) >= 11 is 3.57. The lowest BCUT2D eigenvalue weighted by atomic mass is 10.1. The van der Waals surface area contributed by atoms with Crippen molar-refractivity contribution in [3.63, 3.8) is 0 Å². The van der Waals surface area contributed by atoms with E-state index >= 15 is 0 Å². The number of fused-ring (bicyclic) bond motifs is 1. The van der Waals surface area contributed by atoms with Crippen molar-refractivity contribution < 1.29 is 9.53 Å². The number of pyridine rings is 1. The molecule has 146 valence electrons. The van der Waals surface area contributed by atoms with Crippen molar-refractivity contribution in [2.45, 2.75) is 33.2 Å². The first kappa shape index (κ1) is 20.1. The largest absolute Gasteiger partial charge is 0.438 e. The zero-order chi connectivity index (χ0) is 20.1. The molecule has 0 aliphatic carbocycles. The van der Waals surface area contributed by atoms with E-state index in [2.05, 4.69) is 51.5 Å². The summed E-state index contributed by atoms with van der Waals surface area (Å²) in [5.41, 5.74) is 3.06. The minimum Gasteiger partial charge on any atom is -0.438 e. The van der Waals surface area contributed by atoms with Crippen LogP contribution in [0.5, 0.6) is 11.6 Å². The van der Waals surface area contributed by atoms with Crippen LogP contribution in [-0.4, -0.2) is 23.5 Å². The minimum absolute atomic E-state index is 0.0107. The maximum absolute atomic E-state index is 11.0. The monoisotopic (exact) mass is 441 g/mol. The highest BCUT2D eigenvalue weighted by Crippen LogP contribution is 2.32. The van der Waals surface area contributed by atoms with Gasteiger partial charge in [0, 0.05) is 36.7 Å². The fraction of sp³-hybridized carbons (Fsp3) is 0.273. The molecule has 3 rings (SSSR count). The zero-order valence-corrected chi connectivity index (χ0v) is 17.8. The van der Waals surface area contributed by atoms with Gasteiger partial charge in [-0.1, -0.05) is 6.07 Å². The second kappa shape index (κ2) is 9.06. The summed E-state index contributed by atoms with van der Waals surface area (Å²) in [4.78, 5) is 15.6. The average Bonchev–Trinajstić information content (AvgIpc) is 2.63. The van der Waals surface area contributed by atoms with E-state index in [0.717, 1.165) is 33.0 Å². The van der Waals surface area contributed by atoms with Crippen LogP contribution in [0.2, 0.25) is 0 Å². The molecule has 0 radical (unpaired) electrons. The van der Waals surface area contributed by atoms with E-state index in [1.54, 1.807) is 0 Å². The molecule has 3 aromatic rings. The number of anilines is 1. The molecule has 5 nitrogen and oxygen atoms in total. The Morgan fingerprint density at radius 1 is 1.14 bits per heavy atom. The fourth-order valence-electron chi connectivity index (χ4n) is 2.87. The molecule has 1 amide bonds. The van der Waals surface area contributed by atoms with Crippen LogP contribution in [0.3, 0.4) is 0 Å². The Balaban J connectivity index is 1.73. The number of amides is 1. The Morgan fingerprint density at radius 2 is 1.96 bits per heavy atom. The number of ether oxygens (including phenoxy) is 1. The van der Waals surface area contributed by atoms with Gasteiger partial charge in [-0.2, -0.15) is 0 Å². The van der Waals surface area contributed by atoms with Crippen LogP contribution >= 0.6 is 15.9 Å². The summed E-state index contributed by atoms with van der Waals surface area (Å²) in [5, 5.41) is 7.22. The topological polar surface area (TPSA) is 63.2 Å². The summed E-state index contributed by atoms with van der Waals surface area (Å²) in [5.74, 6) is 1.25. The Bertz CT molecular complexity index is 989. The van der Waals surface area contributed by atoms with Gasteiger partial charge in [0.1, 0.15) is 5.75 Å². The third kappa shape index (κ3) is 5.45. The van der Waals surface area contributed by atoms with Crippen molar-refractivity contribution in [2.24, 2.45) is 0 Å². The van der Waals surface area contributed by atoms with Gasteiger partial charge in [0.25, 0.3) is 0 Å². The molecule has 0 saturated carbocycles. The zero-order valence-electron chi connectivity index (χ0n) is 16.3. The summed E-state index contributed by atoms with van der Waals surface area (Å²) in [6, 6.07) is 16.2. The van der Waals surface area contributed by atoms with Gasteiger partial charge in [-0.15, -0.1) is 0 Å².